The Morgan fingerprint density at radius 3 is 2.30 bits per heavy atom. The monoisotopic (exact) mass is 272 g/mol. The molecule has 0 spiro atoms. The minimum absolute atomic E-state index is 0.934. The summed E-state index contributed by atoms with van der Waals surface area (Å²) < 4.78 is 5.11. The minimum Gasteiger partial charge on any atom is -0.361 e. The molecule has 0 aliphatic carbocycles. The zero-order chi connectivity index (χ0) is 13.8. The van der Waals surface area contributed by atoms with Gasteiger partial charge in [0.1, 0.15) is 5.76 Å². The molecule has 0 radical (unpaired) electrons. The SMILES string of the molecule is Cc1oncc1CN1CCN(Cc2ccncc2)CC1. The van der Waals surface area contributed by atoms with Crippen LogP contribution >= 0.6 is 0 Å². The molecule has 5 heteroatoms. The predicted molar refractivity (Wildman–Crippen MR) is 76.0 cm³/mol. The van der Waals surface area contributed by atoms with Gasteiger partial charge in [-0.1, -0.05) is 5.16 Å². The van der Waals surface area contributed by atoms with Gasteiger partial charge >= 0.3 is 0 Å². The summed E-state index contributed by atoms with van der Waals surface area (Å²) in [5, 5.41) is 3.84. The largest absolute Gasteiger partial charge is 0.361 e. The first-order valence-electron chi connectivity index (χ1n) is 7.05. The van der Waals surface area contributed by atoms with Gasteiger partial charge in [-0.2, -0.15) is 0 Å². The molecule has 1 saturated heterocycles. The fourth-order valence-electron chi connectivity index (χ4n) is 2.56. The summed E-state index contributed by atoms with van der Waals surface area (Å²) in [4.78, 5) is 9.01. The maximum absolute atomic E-state index is 5.11. The van der Waals surface area contributed by atoms with Crippen molar-refractivity contribution < 1.29 is 4.52 Å². The maximum atomic E-state index is 5.11. The number of pyridine rings is 1. The Bertz CT molecular complexity index is 532. The van der Waals surface area contributed by atoms with E-state index in [0.717, 1.165) is 45.0 Å². The van der Waals surface area contributed by atoms with Crippen LogP contribution in [0.2, 0.25) is 0 Å². The summed E-state index contributed by atoms with van der Waals surface area (Å²) in [7, 11) is 0. The first-order valence-corrected chi connectivity index (χ1v) is 7.05. The van der Waals surface area contributed by atoms with E-state index in [2.05, 4.69) is 32.1 Å². The van der Waals surface area contributed by atoms with Gasteiger partial charge < -0.3 is 4.52 Å². The van der Waals surface area contributed by atoms with Gasteiger partial charge in [0, 0.05) is 57.2 Å². The Labute approximate surface area is 119 Å². The topological polar surface area (TPSA) is 45.4 Å². The molecule has 1 aliphatic heterocycles. The van der Waals surface area contributed by atoms with Crippen LogP contribution in [0.15, 0.2) is 35.2 Å². The highest BCUT2D eigenvalue weighted by atomic mass is 16.5. The predicted octanol–water partition coefficient (Wildman–Crippen LogP) is 1.70. The number of rotatable bonds is 4. The van der Waals surface area contributed by atoms with Crippen molar-refractivity contribution in [1.29, 1.82) is 0 Å². The molecular weight excluding hydrogens is 252 g/mol. The normalized spacial score (nSPS) is 17.4. The molecule has 1 aliphatic rings. The highest BCUT2D eigenvalue weighted by molar-refractivity contribution is 5.12. The molecule has 0 aromatic carbocycles. The number of nitrogens with zero attached hydrogens (tertiary/aromatic N) is 4. The first-order chi connectivity index (χ1) is 9.81. The van der Waals surface area contributed by atoms with Crippen LogP contribution in [-0.4, -0.2) is 46.1 Å². The Hall–Kier alpha value is -1.72. The third kappa shape index (κ3) is 3.23. The van der Waals surface area contributed by atoms with Crippen molar-refractivity contribution in [2.24, 2.45) is 0 Å². The molecule has 2 aromatic rings. The van der Waals surface area contributed by atoms with Gasteiger partial charge in [0.2, 0.25) is 0 Å². The number of aromatic nitrogens is 2. The van der Waals surface area contributed by atoms with Crippen molar-refractivity contribution in [2.45, 2.75) is 20.0 Å². The molecule has 5 nitrogen and oxygen atoms in total. The Kier molecular flexibility index (Phi) is 4.08. The molecule has 0 atom stereocenters. The van der Waals surface area contributed by atoms with E-state index in [1.54, 1.807) is 0 Å². The van der Waals surface area contributed by atoms with Gasteiger partial charge in [-0.05, 0) is 24.6 Å². The summed E-state index contributed by atoms with van der Waals surface area (Å²) in [6.07, 6.45) is 5.55. The van der Waals surface area contributed by atoms with E-state index in [-0.39, 0.29) is 0 Å². The van der Waals surface area contributed by atoms with E-state index < -0.39 is 0 Å². The van der Waals surface area contributed by atoms with Crippen LogP contribution in [0.4, 0.5) is 0 Å². The van der Waals surface area contributed by atoms with Crippen LogP contribution in [0.25, 0.3) is 0 Å². The van der Waals surface area contributed by atoms with E-state index in [1.165, 1.54) is 11.1 Å². The van der Waals surface area contributed by atoms with Gasteiger partial charge in [-0.25, -0.2) is 0 Å². The second-order valence-electron chi connectivity index (χ2n) is 5.31. The van der Waals surface area contributed by atoms with Gasteiger partial charge in [0.05, 0.1) is 6.20 Å². The van der Waals surface area contributed by atoms with Crippen molar-refractivity contribution in [3.05, 3.63) is 47.6 Å². The Morgan fingerprint density at radius 1 is 1.05 bits per heavy atom. The van der Waals surface area contributed by atoms with Crippen LogP contribution in [0.5, 0.6) is 0 Å². The van der Waals surface area contributed by atoms with Gasteiger partial charge in [0.15, 0.2) is 0 Å². The van der Waals surface area contributed by atoms with Crippen LogP contribution in [0, 0.1) is 6.92 Å². The highest BCUT2D eigenvalue weighted by Gasteiger charge is 2.18. The summed E-state index contributed by atoms with van der Waals surface area (Å²) in [6.45, 7) is 8.33. The summed E-state index contributed by atoms with van der Waals surface area (Å²) in [6, 6.07) is 4.18. The van der Waals surface area contributed by atoms with E-state index >= 15 is 0 Å². The number of aryl methyl sites for hydroxylation is 1. The minimum atomic E-state index is 0.934. The molecule has 3 heterocycles. The van der Waals surface area contributed by atoms with E-state index in [4.69, 9.17) is 4.52 Å². The smallest absolute Gasteiger partial charge is 0.138 e. The van der Waals surface area contributed by atoms with E-state index in [9.17, 15) is 0 Å². The van der Waals surface area contributed by atoms with E-state index in [1.807, 2.05) is 25.5 Å². The van der Waals surface area contributed by atoms with Crippen molar-refractivity contribution in [3.63, 3.8) is 0 Å². The Morgan fingerprint density at radius 2 is 1.70 bits per heavy atom. The number of piperazine rings is 1. The lowest BCUT2D eigenvalue weighted by atomic mass is 10.2. The maximum Gasteiger partial charge on any atom is 0.138 e. The van der Waals surface area contributed by atoms with Crippen molar-refractivity contribution in [3.8, 4) is 0 Å². The van der Waals surface area contributed by atoms with Gasteiger partial charge in [-0.15, -0.1) is 0 Å². The third-order valence-corrected chi connectivity index (χ3v) is 3.86. The molecule has 0 bridgehead atoms. The van der Waals surface area contributed by atoms with E-state index in [0.29, 0.717) is 0 Å². The lowest BCUT2D eigenvalue weighted by Gasteiger charge is -2.34. The lowest BCUT2D eigenvalue weighted by molar-refractivity contribution is 0.121. The fourth-order valence-corrected chi connectivity index (χ4v) is 2.56. The average Bonchev–Trinajstić information content (AvgIpc) is 2.88. The molecule has 0 saturated carbocycles. The van der Waals surface area contributed by atoms with Gasteiger partial charge in [0.25, 0.3) is 0 Å². The lowest BCUT2D eigenvalue weighted by Crippen LogP contribution is -2.45. The third-order valence-electron chi connectivity index (χ3n) is 3.86. The standard InChI is InChI=1S/C15H20N4O/c1-13-15(10-17-20-13)12-19-8-6-18(7-9-19)11-14-2-4-16-5-3-14/h2-5,10H,6-9,11-12H2,1H3. The molecule has 2 aromatic heterocycles. The number of hydrogen-bond donors (Lipinski definition) is 0. The van der Waals surface area contributed by atoms with Crippen molar-refractivity contribution in [2.75, 3.05) is 26.2 Å². The first kappa shape index (κ1) is 13.3. The molecule has 0 N–H and O–H groups in total. The molecule has 0 unspecified atom stereocenters. The summed E-state index contributed by atoms with van der Waals surface area (Å²) in [5.41, 5.74) is 2.54. The molecule has 1 fully saturated rings. The Balaban J connectivity index is 1.49. The molecule has 20 heavy (non-hydrogen) atoms. The second-order valence-corrected chi connectivity index (χ2v) is 5.31. The van der Waals surface area contributed by atoms with Crippen molar-refractivity contribution in [1.82, 2.24) is 19.9 Å². The second kappa shape index (κ2) is 6.15. The summed E-state index contributed by atoms with van der Waals surface area (Å²) in [5.74, 6) is 0.934. The van der Waals surface area contributed by atoms with Crippen molar-refractivity contribution >= 4 is 0 Å². The molecule has 0 amide bonds. The molecular formula is C15H20N4O. The average molecular weight is 272 g/mol. The molecule has 106 valence electrons. The molecule has 3 rings (SSSR count). The van der Waals surface area contributed by atoms with Crippen LogP contribution < -0.4 is 0 Å². The van der Waals surface area contributed by atoms with Gasteiger partial charge in [-0.3, -0.25) is 14.8 Å². The zero-order valence-electron chi connectivity index (χ0n) is 11.8. The summed E-state index contributed by atoms with van der Waals surface area (Å²) >= 11 is 0. The van der Waals surface area contributed by atoms with Crippen LogP contribution in [-0.2, 0) is 13.1 Å². The van der Waals surface area contributed by atoms with Crippen LogP contribution in [0.1, 0.15) is 16.9 Å². The quantitative estimate of drug-likeness (QED) is 0.847. The fraction of sp³-hybridized carbons (Fsp3) is 0.467. The zero-order valence-corrected chi connectivity index (χ0v) is 11.8. The van der Waals surface area contributed by atoms with Crippen LogP contribution in [0.3, 0.4) is 0 Å². The highest BCUT2D eigenvalue weighted by Crippen LogP contribution is 2.13. The number of hydrogen-bond acceptors (Lipinski definition) is 5.